The van der Waals surface area contributed by atoms with E-state index in [1.54, 1.807) is 6.08 Å². The van der Waals surface area contributed by atoms with Crippen LogP contribution in [0.5, 0.6) is 0 Å². The summed E-state index contributed by atoms with van der Waals surface area (Å²) >= 11 is 7.86. The third-order valence-corrected chi connectivity index (χ3v) is 7.55. The van der Waals surface area contributed by atoms with Crippen molar-refractivity contribution >= 4 is 67.4 Å². The minimum absolute atomic E-state index is 0.0462. The lowest BCUT2D eigenvalue weighted by Crippen LogP contribution is -2.43. The van der Waals surface area contributed by atoms with E-state index in [1.807, 2.05) is 17.5 Å². The molecule has 2 fully saturated rings. The monoisotopic (exact) mass is 402 g/mol. The molecule has 1 aromatic rings. The normalized spacial score (nSPS) is 24.8. The molecule has 1 aromatic heterocycles. The molecule has 24 heavy (non-hydrogen) atoms. The van der Waals surface area contributed by atoms with Gasteiger partial charge in [0, 0.05) is 10.9 Å². The molecule has 2 saturated heterocycles. The Labute approximate surface area is 153 Å². The van der Waals surface area contributed by atoms with Gasteiger partial charge in [0.1, 0.15) is 10.9 Å². The number of carbonyl (C=O) groups is 2. The third-order valence-electron chi connectivity index (χ3n) is 3.59. The number of hydrogen-bond acceptors (Lipinski definition) is 7. The maximum absolute atomic E-state index is 12.4. The summed E-state index contributed by atoms with van der Waals surface area (Å²) in [6.45, 7) is -0.191. The molecule has 0 aliphatic carbocycles. The number of rotatable bonds is 4. The Bertz CT molecular complexity index is 814. The van der Waals surface area contributed by atoms with Gasteiger partial charge in [-0.2, -0.15) is 0 Å². The average Bonchev–Trinajstić information content (AvgIpc) is 3.17. The van der Waals surface area contributed by atoms with E-state index < -0.39 is 15.7 Å². The van der Waals surface area contributed by atoms with Crippen molar-refractivity contribution in [2.24, 2.45) is 0 Å². The minimum Gasteiger partial charge on any atom is -0.351 e. The van der Waals surface area contributed by atoms with Crippen LogP contribution in [0.3, 0.4) is 0 Å². The highest BCUT2D eigenvalue weighted by Gasteiger charge is 2.35. The van der Waals surface area contributed by atoms with Crippen molar-refractivity contribution < 1.29 is 18.0 Å². The Hall–Kier alpha value is -1.23. The van der Waals surface area contributed by atoms with Crippen LogP contribution in [0.2, 0.25) is 0 Å². The lowest BCUT2D eigenvalue weighted by Gasteiger charge is -2.16. The van der Waals surface area contributed by atoms with E-state index in [9.17, 15) is 18.0 Å². The van der Waals surface area contributed by atoms with Gasteiger partial charge in [0.2, 0.25) is 5.91 Å². The molecule has 0 saturated carbocycles. The van der Waals surface area contributed by atoms with Crippen LogP contribution in [0, 0.1) is 0 Å². The summed E-state index contributed by atoms with van der Waals surface area (Å²) < 4.78 is 23.2. The first-order valence-electron chi connectivity index (χ1n) is 7.13. The average molecular weight is 403 g/mol. The Morgan fingerprint density at radius 3 is 2.92 bits per heavy atom. The maximum Gasteiger partial charge on any atom is 0.266 e. The van der Waals surface area contributed by atoms with E-state index in [-0.39, 0.29) is 30.0 Å². The molecule has 6 nitrogen and oxygen atoms in total. The summed E-state index contributed by atoms with van der Waals surface area (Å²) in [4.78, 5) is 27.2. The van der Waals surface area contributed by atoms with Crippen molar-refractivity contribution in [3.05, 3.63) is 27.3 Å². The molecule has 0 aromatic carbocycles. The Kier molecular flexibility index (Phi) is 5.09. The zero-order valence-corrected chi connectivity index (χ0v) is 15.7. The first kappa shape index (κ1) is 17.6. The summed E-state index contributed by atoms with van der Waals surface area (Å²) in [5.41, 5.74) is 0. The van der Waals surface area contributed by atoms with Gasteiger partial charge in [-0.05, 0) is 23.9 Å². The third kappa shape index (κ3) is 4.05. The van der Waals surface area contributed by atoms with Crippen molar-refractivity contribution in [3.8, 4) is 0 Å². The van der Waals surface area contributed by atoms with E-state index in [2.05, 4.69) is 5.32 Å². The molecule has 128 valence electrons. The number of carbonyl (C=O) groups excluding carboxylic acids is 2. The Morgan fingerprint density at radius 2 is 2.29 bits per heavy atom. The standard InChI is InChI=1S/C14H14N2O4S4/c17-12(15-9-3-5-24(19,20)8-9)7-16-13(18)11(23-14(16)21)6-10-2-1-4-22-10/h1-2,4,6,9H,3,5,7-8H2,(H,15,17)/b11-6-/t9-/m1/s1. The quantitative estimate of drug-likeness (QED) is 0.603. The molecular formula is C14H14N2O4S4. The molecule has 10 heteroatoms. The summed E-state index contributed by atoms with van der Waals surface area (Å²) in [7, 11) is -3.06. The van der Waals surface area contributed by atoms with Crippen LogP contribution in [0.4, 0.5) is 0 Å². The van der Waals surface area contributed by atoms with E-state index in [1.165, 1.54) is 16.2 Å². The molecule has 0 unspecified atom stereocenters. The lowest BCUT2D eigenvalue weighted by molar-refractivity contribution is -0.129. The van der Waals surface area contributed by atoms with Crippen LogP contribution in [0.15, 0.2) is 22.4 Å². The fourth-order valence-electron chi connectivity index (χ4n) is 2.46. The number of nitrogens with zero attached hydrogens (tertiary/aromatic N) is 1. The van der Waals surface area contributed by atoms with E-state index in [4.69, 9.17) is 12.2 Å². The highest BCUT2D eigenvalue weighted by atomic mass is 32.2. The van der Waals surface area contributed by atoms with Crippen molar-refractivity contribution in [1.82, 2.24) is 10.2 Å². The molecule has 2 amide bonds. The van der Waals surface area contributed by atoms with Crippen molar-refractivity contribution in [2.75, 3.05) is 18.1 Å². The van der Waals surface area contributed by atoms with Crippen LogP contribution in [0.25, 0.3) is 6.08 Å². The molecule has 2 aliphatic rings. The number of thioether (sulfide) groups is 1. The van der Waals surface area contributed by atoms with Gasteiger partial charge in [0.05, 0.1) is 16.4 Å². The Morgan fingerprint density at radius 1 is 1.50 bits per heavy atom. The van der Waals surface area contributed by atoms with Crippen LogP contribution < -0.4 is 5.32 Å². The first-order chi connectivity index (χ1) is 11.3. The molecule has 1 atom stereocenters. The first-order valence-corrected chi connectivity index (χ1v) is 11.1. The fourth-order valence-corrected chi connectivity index (χ4v) is 6.12. The number of amides is 2. The molecule has 1 N–H and O–H groups in total. The smallest absolute Gasteiger partial charge is 0.266 e. The molecule has 0 bridgehead atoms. The van der Waals surface area contributed by atoms with Crippen molar-refractivity contribution in [3.63, 3.8) is 0 Å². The predicted octanol–water partition coefficient (Wildman–Crippen LogP) is 1.25. The van der Waals surface area contributed by atoms with Gasteiger partial charge < -0.3 is 5.32 Å². The molecule has 0 radical (unpaired) electrons. The molecule has 0 spiro atoms. The van der Waals surface area contributed by atoms with Gasteiger partial charge in [-0.25, -0.2) is 8.42 Å². The zero-order valence-electron chi connectivity index (χ0n) is 12.4. The highest BCUT2D eigenvalue weighted by Crippen LogP contribution is 2.33. The van der Waals surface area contributed by atoms with Gasteiger partial charge in [-0.1, -0.05) is 30.0 Å². The second-order valence-corrected chi connectivity index (χ2v) is 10.3. The van der Waals surface area contributed by atoms with Crippen LogP contribution in [-0.2, 0) is 19.4 Å². The fraction of sp³-hybridized carbons (Fsp3) is 0.357. The SMILES string of the molecule is O=C(CN1C(=O)/C(=C/c2cccs2)SC1=S)N[C@@H]1CCS(=O)(=O)C1. The summed E-state index contributed by atoms with van der Waals surface area (Å²) in [6, 6.07) is 3.40. The van der Waals surface area contributed by atoms with Crippen molar-refractivity contribution in [2.45, 2.75) is 12.5 Å². The van der Waals surface area contributed by atoms with E-state index >= 15 is 0 Å². The molecular weight excluding hydrogens is 388 g/mol. The van der Waals surface area contributed by atoms with Crippen LogP contribution in [0.1, 0.15) is 11.3 Å². The topological polar surface area (TPSA) is 83.6 Å². The van der Waals surface area contributed by atoms with Crippen LogP contribution >= 0.6 is 35.3 Å². The van der Waals surface area contributed by atoms with Gasteiger partial charge in [0.25, 0.3) is 5.91 Å². The summed E-state index contributed by atoms with van der Waals surface area (Å²) in [5.74, 6) is -0.656. The maximum atomic E-state index is 12.4. The van der Waals surface area contributed by atoms with Gasteiger partial charge >= 0.3 is 0 Å². The van der Waals surface area contributed by atoms with E-state index in [0.29, 0.717) is 15.6 Å². The largest absolute Gasteiger partial charge is 0.351 e. The molecule has 3 rings (SSSR count). The van der Waals surface area contributed by atoms with Crippen LogP contribution in [-0.4, -0.2) is 53.5 Å². The van der Waals surface area contributed by atoms with E-state index in [0.717, 1.165) is 16.6 Å². The number of thiophene rings is 1. The van der Waals surface area contributed by atoms with Crippen molar-refractivity contribution in [1.29, 1.82) is 0 Å². The molecule has 2 aliphatic heterocycles. The lowest BCUT2D eigenvalue weighted by atomic mass is 10.2. The van der Waals surface area contributed by atoms with Gasteiger partial charge in [-0.3, -0.25) is 14.5 Å². The van der Waals surface area contributed by atoms with Gasteiger partial charge in [0.15, 0.2) is 9.84 Å². The molecule has 3 heterocycles. The summed E-state index contributed by atoms with van der Waals surface area (Å²) in [5, 5.41) is 4.58. The second kappa shape index (κ2) is 6.95. The minimum atomic E-state index is -3.06. The summed E-state index contributed by atoms with van der Waals surface area (Å²) in [6.07, 6.45) is 2.16. The highest BCUT2D eigenvalue weighted by molar-refractivity contribution is 8.26. The number of hydrogen-bond donors (Lipinski definition) is 1. The number of thiocarbonyl (C=S) groups is 1. The van der Waals surface area contributed by atoms with Gasteiger partial charge in [-0.15, -0.1) is 11.3 Å². The zero-order chi connectivity index (χ0) is 17.3. The Balaban J connectivity index is 1.62. The second-order valence-electron chi connectivity index (χ2n) is 5.45. The predicted molar refractivity (Wildman–Crippen MR) is 99.4 cm³/mol. The number of sulfone groups is 1. The number of nitrogens with one attached hydrogen (secondary N) is 1.